The molecule has 1 aliphatic rings. The number of nitrogens with zero attached hydrogens (tertiary/aromatic N) is 5. The largest absolute Gasteiger partial charge is 0.378 e. The minimum absolute atomic E-state index is 0. The van der Waals surface area contributed by atoms with Gasteiger partial charge in [-0.1, -0.05) is 0 Å². The van der Waals surface area contributed by atoms with E-state index in [1.165, 1.54) is 5.56 Å². The molecule has 0 spiro atoms. The van der Waals surface area contributed by atoms with Crippen LogP contribution in [0.2, 0.25) is 0 Å². The first-order valence-electron chi connectivity index (χ1n) is 10.4. The Morgan fingerprint density at radius 1 is 1.30 bits per heavy atom. The highest BCUT2D eigenvalue weighted by molar-refractivity contribution is 14.0. The van der Waals surface area contributed by atoms with Crippen LogP contribution < -0.4 is 5.32 Å². The molecule has 0 radical (unpaired) electrons. The Morgan fingerprint density at radius 2 is 2.00 bits per heavy atom. The molecule has 1 aromatic heterocycles. The summed E-state index contributed by atoms with van der Waals surface area (Å²) in [5, 5.41) is 7.51. The molecule has 1 saturated heterocycles. The molecule has 0 aromatic carbocycles. The standard InChI is InChI=1S/C19H36N6O3S.HI/c1-5-20-19(21-8-6-7-18-15-22-23(4)16-18)24-9-11-25(12-10-24)29(26,27)14-13-28-17(2)3;/h15-17H,5-14H2,1-4H3,(H,20,21);1H. The molecular weight excluding hydrogens is 519 g/mol. The van der Waals surface area contributed by atoms with E-state index < -0.39 is 10.0 Å². The lowest BCUT2D eigenvalue weighted by Gasteiger charge is -2.36. The number of hydrogen-bond donors (Lipinski definition) is 1. The summed E-state index contributed by atoms with van der Waals surface area (Å²) < 4.78 is 33.8. The van der Waals surface area contributed by atoms with Gasteiger partial charge in [-0.3, -0.25) is 9.67 Å². The van der Waals surface area contributed by atoms with Crippen LogP contribution in [0.3, 0.4) is 0 Å². The van der Waals surface area contributed by atoms with Crippen LogP contribution in [0.4, 0.5) is 0 Å². The van der Waals surface area contributed by atoms with E-state index in [9.17, 15) is 8.42 Å². The van der Waals surface area contributed by atoms with E-state index in [0.29, 0.717) is 26.2 Å². The van der Waals surface area contributed by atoms with Gasteiger partial charge >= 0.3 is 0 Å². The van der Waals surface area contributed by atoms with Gasteiger partial charge in [0, 0.05) is 52.5 Å². The number of piperazine rings is 1. The van der Waals surface area contributed by atoms with Crippen molar-refractivity contribution in [2.24, 2.45) is 12.0 Å². The number of aryl methyl sites for hydroxylation is 2. The minimum atomic E-state index is -3.28. The lowest BCUT2D eigenvalue weighted by Crippen LogP contribution is -2.54. The zero-order valence-electron chi connectivity index (χ0n) is 18.6. The molecule has 2 heterocycles. The predicted octanol–water partition coefficient (Wildman–Crippen LogP) is 1.31. The molecule has 0 amide bonds. The number of aromatic nitrogens is 2. The van der Waals surface area contributed by atoms with Crippen LogP contribution in [-0.4, -0.2) is 91.1 Å². The quantitative estimate of drug-likeness (QED) is 0.202. The molecule has 11 heteroatoms. The summed E-state index contributed by atoms with van der Waals surface area (Å²) in [5.41, 5.74) is 1.22. The Balaban J connectivity index is 0.00000450. The fourth-order valence-corrected chi connectivity index (χ4v) is 4.48. The maximum Gasteiger partial charge on any atom is 0.216 e. The second-order valence-electron chi connectivity index (χ2n) is 7.48. The highest BCUT2D eigenvalue weighted by atomic mass is 127. The highest BCUT2D eigenvalue weighted by Crippen LogP contribution is 2.09. The number of guanidine groups is 1. The summed E-state index contributed by atoms with van der Waals surface area (Å²) in [6.07, 6.45) is 5.85. The first kappa shape index (κ1) is 27.1. The van der Waals surface area contributed by atoms with Crippen molar-refractivity contribution < 1.29 is 13.2 Å². The van der Waals surface area contributed by atoms with Crippen LogP contribution in [-0.2, 0) is 28.2 Å². The maximum atomic E-state index is 12.5. The van der Waals surface area contributed by atoms with Gasteiger partial charge in [0.05, 0.1) is 24.7 Å². The second kappa shape index (κ2) is 13.5. The Kier molecular flexibility index (Phi) is 12.2. The van der Waals surface area contributed by atoms with Gasteiger partial charge in [-0.15, -0.1) is 24.0 Å². The van der Waals surface area contributed by atoms with Crippen molar-refractivity contribution >= 4 is 40.0 Å². The van der Waals surface area contributed by atoms with Gasteiger partial charge in [0.2, 0.25) is 10.0 Å². The van der Waals surface area contributed by atoms with Crippen molar-refractivity contribution in [1.29, 1.82) is 0 Å². The van der Waals surface area contributed by atoms with E-state index >= 15 is 0 Å². The summed E-state index contributed by atoms with van der Waals surface area (Å²) in [6.45, 7) is 9.83. The molecule has 2 rings (SSSR count). The summed E-state index contributed by atoms with van der Waals surface area (Å²) in [5.74, 6) is 0.895. The van der Waals surface area contributed by atoms with E-state index in [1.54, 1.807) is 4.31 Å². The third-order valence-electron chi connectivity index (χ3n) is 4.70. The zero-order valence-corrected chi connectivity index (χ0v) is 21.7. The van der Waals surface area contributed by atoms with Crippen LogP contribution in [0.25, 0.3) is 0 Å². The van der Waals surface area contributed by atoms with Crippen molar-refractivity contribution in [1.82, 2.24) is 24.3 Å². The third-order valence-corrected chi connectivity index (χ3v) is 6.54. The van der Waals surface area contributed by atoms with E-state index in [-0.39, 0.29) is 42.4 Å². The molecule has 0 saturated carbocycles. The van der Waals surface area contributed by atoms with Gasteiger partial charge in [0.15, 0.2) is 5.96 Å². The smallest absolute Gasteiger partial charge is 0.216 e. The fourth-order valence-electron chi connectivity index (χ4n) is 3.19. The van der Waals surface area contributed by atoms with E-state index in [2.05, 4.69) is 15.3 Å². The Bertz CT molecular complexity index is 745. The van der Waals surface area contributed by atoms with E-state index in [4.69, 9.17) is 9.73 Å². The number of rotatable bonds is 10. The first-order valence-corrected chi connectivity index (χ1v) is 12.0. The van der Waals surface area contributed by atoms with Crippen LogP contribution in [0.15, 0.2) is 17.4 Å². The van der Waals surface area contributed by atoms with Crippen molar-refractivity contribution in [3.63, 3.8) is 0 Å². The molecule has 0 bridgehead atoms. The normalized spacial score (nSPS) is 16.0. The van der Waals surface area contributed by atoms with Gasteiger partial charge in [0.25, 0.3) is 0 Å². The Morgan fingerprint density at radius 3 is 2.57 bits per heavy atom. The van der Waals surface area contributed by atoms with Crippen LogP contribution in [0, 0.1) is 0 Å². The molecular formula is C19H37IN6O3S. The molecule has 1 aromatic rings. The van der Waals surface area contributed by atoms with Gasteiger partial charge in [-0.25, -0.2) is 8.42 Å². The summed E-state index contributed by atoms with van der Waals surface area (Å²) in [4.78, 5) is 6.87. The Labute approximate surface area is 198 Å². The van der Waals surface area contributed by atoms with Gasteiger partial charge in [-0.05, 0) is 39.2 Å². The van der Waals surface area contributed by atoms with Crippen molar-refractivity contribution in [2.75, 3.05) is 51.6 Å². The summed E-state index contributed by atoms with van der Waals surface area (Å²) in [6, 6.07) is 0. The monoisotopic (exact) mass is 556 g/mol. The molecule has 0 unspecified atom stereocenters. The number of aliphatic imine (C=N–C) groups is 1. The van der Waals surface area contributed by atoms with E-state index in [0.717, 1.165) is 31.9 Å². The maximum absolute atomic E-state index is 12.5. The fraction of sp³-hybridized carbons (Fsp3) is 0.789. The SMILES string of the molecule is CCNC(=NCCCc1cnn(C)c1)N1CCN(S(=O)(=O)CCOC(C)C)CC1.I. The van der Waals surface area contributed by atoms with Crippen molar-refractivity contribution in [2.45, 2.75) is 39.7 Å². The second-order valence-corrected chi connectivity index (χ2v) is 9.57. The first-order chi connectivity index (χ1) is 13.8. The van der Waals surface area contributed by atoms with Gasteiger partial charge in [-0.2, -0.15) is 9.40 Å². The number of nitrogens with one attached hydrogen (secondary N) is 1. The van der Waals surface area contributed by atoms with Crippen molar-refractivity contribution in [3.8, 4) is 0 Å². The Hall–Kier alpha value is -0.920. The average molecular weight is 557 g/mol. The number of halogens is 1. The summed E-state index contributed by atoms with van der Waals surface area (Å²) >= 11 is 0. The topological polar surface area (TPSA) is 92.1 Å². The van der Waals surface area contributed by atoms with Crippen LogP contribution >= 0.6 is 24.0 Å². The average Bonchev–Trinajstić information content (AvgIpc) is 3.09. The number of hydrogen-bond acceptors (Lipinski definition) is 5. The van der Waals surface area contributed by atoms with Gasteiger partial charge in [0.1, 0.15) is 0 Å². The van der Waals surface area contributed by atoms with Crippen LogP contribution in [0.1, 0.15) is 32.8 Å². The zero-order chi connectivity index (χ0) is 21.3. The van der Waals surface area contributed by atoms with Crippen molar-refractivity contribution in [3.05, 3.63) is 18.0 Å². The number of sulfonamides is 1. The molecule has 9 nitrogen and oxygen atoms in total. The predicted molar refractivity (Wildman–Crippen MR) is 131 cm³/mol. The van der Waals surface area contributed by atoms with Crippen LogP contribution in [0.5, 0.6) is 0 Å². The minimum Gasteiger partial charge on any atom is -0.378 e. The molecule has 30 heavy (non-hydrogen) atoms. The third kappa shape index (κ3) is 9.06. The highest BCUT2D eigenvalue weighted by Gasteiger charge is 2.27. The summed E-state index contributed by atoms with van der Waals surface area (Å²) in [7, 11) is -1.36. The number of ether oxygens (including phenoxy) is 1. The lowest BCUT2D eigenvalue weighted by molar-refractivity contribution is 0.0904. The molecule has 174 valence electrons. The van der Waals surface area contributed by atoms with Gasteiger partial charge < -0.3 is 15.0 Å². The molecule has 0 atom stereocenters. The van der Waals surface area contributed by atoms with E-state index in [1.807, 2.05) is 44.9 Å². The molecule has 1 N–H and O–H groups in total. The molecule has 1 aliphatic heterocycles. The molecule has 0 aliphatic carbocycles. The molecule has 1 fully saturated rings. The lowest BCUT2D eigenvalue weighted by atomic mass is 10.2.